The average Bonchev–Trinajstić information content (AvgIpc) is 2.86. The van der Waals surface area contributed by atoms with Crippen LogP contribution in [0.15, 0.2) is 53.4 Å². The first-order valence-corrected chi connectivity index (χ1v) is 8.86. The second kappa shape index (κ2) is 7.14. The number of amides is 2. The summed E-state index contributed by atoms with van der Waals surface area (Å²) in [6.07, 6.45) is 0. The Morgan fingerprint density at radius 1 is 1.00 bits per heavy atom. The van der Waals surface area contributed by atoms with E-state index in [2.05, 4.69) is 0 Å². The van der Waals surface area contributed by atoms with Gasteiger partial charge in [-0.3, -0.25) is 9.59 Å². The molecule has 0 saturated carbocycles. The molecule has 0 aromatic heterocycles. The summed E-state index contributed by atoms with van der Waals surface area (Å²) in [7, 11) is 0. The highest BCUT2D eigenvalue weighted by atomic mass is 32.2. The molecule has 0 N–H and O–H groups in total. The lowest BCUT2D eigenvalue weighted by Gasteiger charge is -2.15. The number of nitrogens with zero attached hydrogens (tertiary/aromatic N) is 2. The number of rotatable bonds is 4. The van der Waals surface area contributed by atoms with Gasteiger partial charge in [-0.25, -0.2) is 9.29 Å². The van der Waals surface area contributed by atoms with E-state index >= 15 is 0 Å². The van der Waals surface area contributed by atoms with E-state index in [1.165, 1.54) is 36.0 Å². The Kier molecular flexibility index (Phi) is 4.92. The smallest absolute Gasteiger partial charge is 0.268 e. The summed E-state index contributed by atoms with van der Waals surface area (Å²) in [5.41, 5.74) is 1.62. The monoisotopic (exact) mass is 366 g/mol. The van der Waals surface area contributed by atoms with Crippen molar-refractivity contribution in [2.45, 2.75) is 19.1 Å². The molecule has 0 radical (unpaired) electrons. The highest BCUT2D eigenvalue weighted by molar-refractivity contribution is 8.04. The van der Waals surface area contributed by atoms with Crippen LogP contribution in [0.25, 0.3) is 5.57 Å². The van der Waals surface area contributed by atoms with Crippen LogP contribution in [-0.4, -0.2) is 17.1 Å². The van der Waals surface area contributed by atoms with Crippen molar-refractivity contribution < 1.29 is 14.0 Å². The topological polar surface area (TPSA) is 61.2 Å². The molecule has 2 aromatic carbocycles. The first-order valence-electron chi connectivity index (χ1n) is 7.98. The van der Waals surface area contributed by atoms with Crippen molar-refractivity contribution in [3.8, 4) is 6.07 Å². The van der Waals surface area contributed by atoms with Crippen molar-refractivity contribution in [3.05, 3.63) is 70.4 Å². The number of carbonyl (C=O) groups is 2. The van der Waals surface area contributed by atoms with Crippen molar-refractivity contribution in [3.63, 3.8) is 0 Å². The van der Waals surface area contributed by atoms with Gasteiger partial charge in [0.15, 0.2) is 0 Å². The Morgan fingerprint density at radius 2 is 1.62 bits per heavy atom. The maximum atomic E-state index is 13.3. The first kappa shape index (κ1) is 17.9. The van der Waals surface area contributed by atoms with E-state index in [0.29, 0.717) is 21.7 Å². The van der Waals surface area contributed by atoms with Crippen LogP contribution < -0.4 is 4.90 Å². The number of imide groups is 1. The van der Waals surface area contributed by atoms with E-state index in [4.69, 9.17) is 5.26 Å². The second-order valence-corrected chi connectivity index (χ2v) is 7.57. The summed E-state index contributed by atoms with van der Waals surface area (Å²) in [6.45, 7) is 3.87. The van der Waals surface area contributed by atoms with Gasteiger partial charge in [-0.2, -0.15) is 5.26 Å². The third-order valence-corrected chi connectivity index (χ3v) is 4.87. The van der Waals surface area contributed by atoms with E-state index < -0.39 is 17.6 Å². The summed E-state index contributed by atoms with van der Waals surface area (Å²) in [6, 6.07) is 13.8. The van der Waals surface area contributed by atoms with Crippen LogP contribution in [0.3, 0.4) is 0 Å². The first-order chi connectivity index (χ1) is 12.4. The minimum absolute atomic E-state index is 0.0955. The third kappa shape index (κ3) is 3.26. The Hall–Kier alpha value is -2.91. The number of hydrogen-bond donors (Lipinski definition) is 0. The van der Waals surface area contributed by atoms with Crippen molar-refractivity contribution in [2.75, 3.05) is 4.90 Å². The molecule has 0 unspecified atom stereocenters. The fourth-order valence-electron chi connectivity index (χ4n) is 2.65. The fraction of sp³-hybridized carbons (Fsp3) is 0.150. The summed E-state index contributed by atoms with van der Waals surface area (Å²) in [5.74, 6) is -1.26. The normalized spacial score (nSPS) is 14.3. The molecule has 4 nitrogen and oxygen atoms in total. The molecule has 6 heteroatoms. The summed E-state index contributed by atoms with van der Waals surface area (Å²) < 4.78 is 13.3. The van der Waals surface area contributed by atoms with Crippen LogP contribution in [0.2, 0.25) is 0 Å². The molecule has 130 valence electrons. The minimum atomic E-state index is -0.450. The predicted molar refractivity (Wildman–Crippen MR) is 99.7 cm³/mol. The van der Waals surface area contributed by atoms with Gasteiger partial charge in [0.05, 0.1) is 27.8 Å². The quantitative estimate of drug-likeness (QED) is 0.764. The molecule has 0 spiro atoms. The van der Waals surface area contributed by atoms with E-state index in [1.54, 1.807) is 24.3 Å². The van der Waals surface area contributed by atoms with Gasteiger partial charge >= 0.3 is 0 Å². The summed E-state index contributed by atoms with van der Waals surface area (Å²) in [5, 5.41) is 9.01. The van der Waals surface area contributed by atoms with Crippen LogP contribution >= 0.6 is 11.8 Å². The van der Waals surface area contributed by atoms with Gasteiger partial charge in [0, 0.05) is 5.25 Å². The number of halogens is 1. The zero-order chi connectivity index (χ0) is 18.8. The number of anilines is 1. The van der Waals surface area contributed by atoms with E-state index in [0.717, 1.165) is 4.90 Å². The lowest BCUT2D eigenvalue weighted by atomic mass is 10.1. The highest BCUT2D eigenvalue weighted by Crippen LogP contribution is 2.39. The van der Waals surface area contributed by atoms with Crippen molar-refractivity contribution in [1.82, 2.24) is 0 Å². The Balaban J connectivity index is 2.07. The lowest BCUT2D eigenvalue weighted by molar-refractivity contribution is -0.119. The van der Waals surface area contributed by atoms with E-state index in [9.17, 15) is 14.0 Å². The predicted octanol–water partition coefficient (Wildman–Crippen LogP) is 4.12. The van der Waals surface area contributed by atoms with Gasteiger partial charge in [0.1, 0.15) is 5.82 Å². The van der Waals surface area contributed by atoms with E-state index in [1.807, 2.05) is 19.9 Å². The molecule has 1 heterocycles. The molecular weight excluding hydrogens is 351 g/mol. The maximum Gasteiger partial charge on any atom is 0.272 e. The molecule has 0 atom stereocenters. The van der Waals surface area contributed by atoms with Gasteiger partial charge in [-0.1, -0.05) is 26.0 Å². The number of thioether (sulfide) groups is 1. The maximum absolute atomic E-state index is 13.3. The second-order valence-electron chi connectivity index (χ2n) is 5.98. The number of hydrogen-bond acceptors (Lipinski definition) is 4. The number of carbonyl (C=O) groups excluding carboxylic acids is 2. The van der Waals surface area contributed by atoms with Gasteiger partial charge in [0.2, 0.25) is 0 Å². The molecule has 2 amide bonds. The molecule has 0 saturated heterocycles. The molecule has 0 bridgehead atoms. The standard InChI is InChI=1S/C20H15FN2O2S/c1-12(2)26-18-17(14-5-7-15(21)8-6-14)19(24)23(20(18)25)16-9-3-13(11-22)4-10-16/h3-10,12H,1-2H3. The van der Waals surface area contributed by atoms with Crippen LogP contribution in [0.1, 0.15) is 25.0 Å². The van der Waals surface area contributed by atoms with Crippen LogP contribution in [0, 0.1) is 17.1 Å². The van der Waals surface area contributed by atoms with Crippen molar-refractivity contribution in [1.29, 1.82) is 5.26 Å². The Bertz CT molecular complexity index is 941. The Morgan fingerprint density at radius 3 is 2.15 bits per heavy atom. The van der Waals surface area contributed by atoms with E-state index in [-0.39, 0.29) is 10.8 Å². The van der Waals surface area contributed by atoms with Crippen molar-refractivity contribution in [2.24, 2.45) is 0 Å². The molecule has 1 aliphatic heterocycles. The van der Waals surface area contributed by atoms with Gasteiger partial charge in [-0.15, -0.1) is 11.8 Å². The Labute approximate surface area is 154 Å². The zero-order valence-electron chi connectivity index (χ0n) is 14.2. The fourth-order valence-corrected chi connectivity index (χ4v) is 3.63. The largest absolute Gasteiger partial charge is 0.272 e. The molecule has 1 aliphatic rings. The average molecular weight is 366 g/mol. The minimum Gasteiger partial charge on any atom is -0.268 e. The lowest BCUT2D eigenvalue weighted by Crippen LogP contribution is -2.31. The summed E-state index contributed by atoms with van der Waals surface area (Å²) >= 11 is 1.31. The molecular formula is C20H15FN2O2S. The van der Waals surface area contributed by atoms with Crippen LogP contribution in [0.4, 0.5) is 10.1 Å². The van der Waals surface area contributed by atoms with Crippen LogP contribution in [0.5, 0.6) is 0 Å². The van der Waals surface area contributed by atoms with Gasteiger partial charge < -0.3 is 0 Å². The number of nitriles is 1. The third-order valence-electron chi connectivity index (χ3n) is 3.78. The van der Waals surface area contributed by atoms with Gasteiger partial charge in [0.25, 0.3) is 11.8 Å². The number of benzene rings is 2. The van der Waals surface area contributed by atoms with Crippen molar-refractivity contribution >= 4 is 34.8 Å². The molecule has 0 aliphatic carbocycles. The molecule has 3 rings (SSSR count). The van der Waals surface area contributed by atoms with Gasteiger partial charge in [-0.05, 0) is 42.0 Å². The van der Waals surface area contributed by atoms with Crippen LogP contribution in [-0.2, 0) is 9.59 Å². The summed E-state index contributed by atoms with van der Waals surface area (Å²) in [4.78, 5) is 27.4. The molecule has 26 heavy (non-hydrogen) atoms. The molecule has 0 fully saturated rings. The zero-order valence-corrected chi connectivity index (χ0v) is 15.0. The highest BCUT2D eigenvalue weighted by Gasteiger charge is 2.40. The SMILES string of the molecule is CC(C)SC1=C(c2ccc(F)cc2)C(=O)N(c2ccc(C#N)cc2)C1=O. The molecule has 2 aromatic rings.